The van der Waals surface area contributed by atoms with Crippen LogP contribution in [0.1, 0.15) is 50.4 Å². The van der Waals surface area contributed by atoms with E-state index in [1.807, 2.05) is 36.4 Å². The highest BCUT2D eigenvalue weighted by molar-refractivity contribution is 5.96. The molecule has 0 N–H and O–H groups in total. The topological polar surface area (TPSA) is 17.1 Å². The Bertz CT molecular complexity index is 452. The number of carbonyl (C=O) groups excluding carboxylic acids is 1. The number of ketones is 1. The fourth-order valence-electron chi connectivity index (χ4n) is 2.05. The molecule has 19 heavy (non-hydrogen) atoms. The number of benzene rings is 1. The molecule has 0 aliphatic rings. The van der Waals surface area contributed by atoms with E-state index in [-0.39, 0.29) is 11.2 Å². The Morgan fingerprint density at radius 3 is 2.42 bits per heavy atom. The molecule has 1 atom stereocenters. The maximum Gasteiger partial charge on any atom is 0.163 e. The van der Waals surface area contributed by atoms with Crippen LogP contribution in [0.15, 0.2) is 54.6 Å². The van der Waals surface area contributed by atoms with Crippen molar-refractivity contribution in [3.8, 4) is 0 Å². The van der Waals surface area contributed by atoms with Crippen LogP contribution >= 0.6 is 0 Å². The summed E-state index contributed by atoms with van der Waals surface area (Å²) in [7, 11) is 0. The van der Waals surface area contributed by atoms with Crippen LogP contribution in [-0.2, 0) is 0 Å². The Balaban J connectivity index is 2.67. The molecule has 0 saturated heterocycles. The second-order valence-electron chi connectivity index (χ2n) is 5.64. The van der Waals surface area contributed by atoms with Gasteiger partial charge in [0.05, 0.1) is 0 Å². The third kappa shape index (κ3) is 5.25. The van der Waals surface area contributed by atoms with E-state index in [0.29, 0.717) is 6.42 Å². The fraction of sp³-hybridized carbons (Fsp3) is 0.389. The average molecular weight is 256 g/mol. The molecular weight excluding hydrogens is 232 g/mol. The third-order valence-electron chi connectivity index (χ3n) is 3.42. The Morgan fingerprint density at radius 2 is 1.89 bits per heavy atom. The highest BCUT2D eigenvalue weighted by Gasteiger charge is 2.23. The van der Waals surface area contributed by atoms with Gasteiger partial charge in [-0.2, -0.15) is 0 Å². The van der Waals surface area contributed by atoms with Crippen LogP contribution < -0.4 is 0 Å². The van der Waals surface area contributed by atoms with Crippen molar-refractivity contribution in [2.45, 2.75) is 40.0 Å². The number of hydrogen-bond acceptors (Lipinski definition) is 1. The summed E-state index contributed by atoms with van der Waals surface area (Å²) in [5, 5.41) is 0. The Morgan fingerprint density at radius 1 is 1.26 bits per heavy atom. The molecule has 0 amide bonds. The summed E-state index contributed by atoms with van der Waals surface area (Å²) >= 11 is 0. The number of hydrogen-bond donors (Lipinski definition) is 0. The summed E-state index contributed by atoms with van der Waals surface area (Å²) in [6.07, 6.45) is 6.62. The second-order valence-corrected chi connectivity index (χ2v) is 5.64. The number of Topliss-reactive ketones (excluding diaryl/α,β-unsaturated/α-hetero) is 1. The average Bonchev–Trinajstić information content (AvgIpc) is 2.39. The van der Waals surface area contributed by atoms with Gasteiger partial charge in [0, 0.05) is 12.0 Å². The van der Waals surface area contributed by atoms with Crippen molar-refractivity contribution in [3.63, 3.8) is 0 Å². The lowest BCUT2D eigenvalue weighted by molar-refractivity contribution is 0.0940. The zero-order valence-electron chi connectivity index (χ0n) is 12.3. The summed E-state index contributed by atoms with van der Waals surface area (Å²) in [5.74, 6) is 0.195. The van der Waals surface area contributed by atoms with Gasteiger partial charge >= 0.3 is 0 Å². The molecular formula is C18H24O. The van der Waals surface area contributed by atoms with Gasteiger partial charge < -0.3 is 0 Å². The number of allylic oxidation sites excluding steroid dienone is 3. The molecule has 1 heteroatoms. The van der Waals surface area contributed by atoms with E-state index in [2.05, 4.69) is 33.4 Å². The van der Waals surface area contributed by atoms with Crippen LogP contribution in [0.5, 0.6) is 0 Å². The lowest BCUT2D eigenvalue weighted by Crippen LogP contribution is -2.18. The first-order valence-corrected chi connectivity index (χ1v) is 6.82. The molecule has 0 aliphatic heterocycles. The van der Waals surface area contributed by atoms with E-state index in [1.165, 1.54) is 5.57 Å². The predicted molar refractivity (Wildman–Crippen MR) is 82.4 cm³/mol. The first-order valence-electron chi connectivity index (χ1n) is 6.82. The molecule has 0 aromatic heterocycles. The lowest BCUT2D eigenvalue weighted by Gasteiger charge is -2.24. The molecule has 0 radical (unpaired) electrons. The zero-order chi connectivity index (χ0) is 14.3. The van der Waals surface area contributed by atoms with Gasteiger partial charge in [-0.25, -0.2) is 0 Å². The Kier molecular flexibility index (Phi) is 5.75. The quantitative estimate of drug-likeness (QED) is 0.484. The highest BCUT2D eigenvalue weighted by Crippen LogP contribution is 2.31. The van der Waals surface area contributed by atoms with Gasteiger partial charge in [0.25, 0.3) is 0 Å². The number of rotatable bonds is 7. The van der Waals surface area contributed by atoms with E-state index >= 15 is 0 Å². The van der Waals surface area contributed by atoms with Crippen molar-refractivity contribution in [2.75, 3.05) is 0 Å². The molecule has 0 spiro atoms. The molecule has 1 aromatic rings. The first kappa shape index (κ1) is 15.4. The summed E-state index contributed by atoms with van der Waals surface area (Å²) in [4.78, 5) is 12.3. The molecule has 1 nitrogen and oxygen atoms in total. The minimum absolute atomic E-state index is 0.126. The Labute approximate surface area is 117 Å². The monoisotopic (exact) mass is 256 g/mol. The van der Waals surface area contributed by atoms with E-state index in [0.717, 1.165) is 18.4 Å². The maximum absolute atomic E-state index is 12.3. The summed E-state index contributed by atoms with van der Waals surface area (Å²) in [6.45, 7) is 10.2. The maximum atomic E-state index is 12.3. The van der Waals surface area contributed by atoms with Gasteiger partial charge in [-0.15, -0.1) is 6.58 Å². The van der Waals surface area contributed by atoms with Gasteiger partial charge in [0.1, 0.15) is 0 Å². The molecule has 0 heterocycles. The van der Waals surface area contributed by atoms with Crippen molar-refractivity contribution in [1.82, 2.24) is 0 Å². The minimum atomic E-state index is -0.126. The van der Waals surface area contributed by atoms with Crippen molar-refractivity contribution in [3.05, 3.63) is 60.2 Å². The first-order chi connectivity index (χ1) is 8.97. The highest BCUT2D eigenvalue weighted by atomic mass is 16.1. The second kappa shape index (κ2) is 7.08. The van der Waals surface area contributed by atoms with Crippen LogP contribution in [0.4, 0.5) is 0 Å². The lowest BCUT2D eigenvalue weighted by atomic mass is 9.79. The largest absolute Gasteiger partial charge is 0.294 e. The fourth-order valence-corrected chi connectivity index (χ4v) is 2.05. The Hall–Kier alpha value is -1.63. The molecule has 1 unspecified atom stereocenters. The van der Waals surface area contributed by atoms with E-state index in [9.17, 15) is 4.79 Å². The molecule has 0 fully saturated rings. The summed E-state index contributed by atoms with van der Waals surface area (Å²) < 4.78 is 0. The number of carbonyl (C=O) groups is 1. The smallest absolute Gasteiger partial charge is 0.163 e. The molecule has 0 saturated carbocycles. The standard InChI is InChI=1S/C18H24O/c1-5-18(4,13-9-10-15(2)3)14-17(19)16-11-7-6-8-12-16/h5-8,10-12H,1,9,13-14H2,2-4H3. The summed E-state index contributed by atoms with van der Waals surface area (Å²) in [5.41, 5.74) is 1.98. The molecule has 0 aliphatic carbocycles. The van der Waals surface area contributed by atoms with Gasteiger partial charge in [0.2, 0.25) is 0 Å². The van der Waals surface area contributed by atoms with Gasteiger partial charge in [0.15, 0.2) is 5.78 Å². The van der Waals surface area contributed by atoms with Crippen LogP contribution in [0.25, 0.3) is 0 Å². The van der Waals surface area contributed by atoms with E-state index < -0.39 is 0 Å². The predicted octanol–water partition coefficient (Wildman–Crippen LogP) is 5.20. The molecule has 0 bridgehead atoms. The van der Waals surface area contributed by atoms with Crippen molar-refractivity contribution in [2.24, 2.45) is 5.41 Å². The zero-order valence-corrected chi connectivity index (χ0v) is 12.3. The third-order valence-corrected chi connectivity index (χ3v) is 3.42. The van der Waals surface area contributed by atoms with Crippen molar-refractivity contribution in [1.29, 1.82) is 0 Å². The minimum Gasteiger partial charge on any atom is -0.294 e. The van der Waals surface area contributed by atoms with Crippen LogP contribution in [0.3, 0.4) is 0 Å². The van der Waals surface area contributed by atoms with Crippen molar-refractivity contribution >= 4 is 5.78 Å². The SMILES string of the molecule is C=CC(C)(CCC=C(C)C)CC(=O)c1ccccc1. The molecule has 1 rings (SSSR count). The van der Waals surface area contributed by atoms with E-state index in [4.69, 9.17) is 0 Å². The van der Waals surface area contributed by atoms with Gasteiger partial charge in [-0.05, 0) is 32.1 Å². The molecule has 1 aromatic carbocycles. The summed E-state index contributed by atoms with van der Waals surface area (Å²) in [6, 6.07) is 9.49. The van der Waals surface area contributed by atoms with E-state index in [1.54, 1.807) is 0 Å². The van der Waals surface area contributed by atoms with Gasteiger partial charge in [-0.3, -0.25) is 4.79 Å². The molecule has 102 valence electrons. The van der Waals surface area contributed by atoms with Crippen LogP contribution in [0, 0.1) is 5.41 Å². The van der Waals surface area contributed by atoms with Crippen LogP contribution in [0.2, 0.25) is 0 Å². The van der Waals surface area contributed by atoms with Crippen LogP contribution in [-0.4, -0.2) is 5.78 Å². The van der Waals surface area contributed by atoms with Crippen molar-refractivity contribution < 1.29 is 4.79 Å². The normalized spacial score (nSPS) is 13.4. The van der Waals surface area contributed by atoms with Gasteiger partial charge in [-0.1, -0.05) is 55.0 Å².